The van der Waals surface area contributed by atoms with Crippen molar-refractivity contribution in [3.05, 3.63) is 41.8 Å². The van der Waals surface area contributed by atoms with E-state index >= 15 is 0 Å². The van der Waals surface area contributed by atoms with E-state index in [9.17, 15) is 4.79 Å². The third-order valence-electron chi connectivity index (χ3n) is 4.97. The Morgan fingerprint density at radius 2 is 2.16 bits per heavy atom. The van der Waals surface area contributed by atoms with Crippen LogP contribution in [0.2, 0.25) is 0 Å². The molecule has 1 saturated heterocycles. The maximum atomic E-state index is 13.0. The van der Waals surface area contributed by atoms with Gasteiger partial charge < -0.3 is 14.2 Å². The molecule has 2 aromatic rings. The van der Waals surface area contributed by atoms with Crippen LogP contribution in [-0.2, 0) is 4.79 Å². The maximum Gasteiger partial charge on any atom is 0.241 e. The zero-order chi connectivity index (χ0) is 17.2. The van der Waals surface area contributed by atoms with Gasteiger partial charge in [0, 0.05) is 6.07 Å². The van der Waals surface area contributed by atoms with E-state index < -0.39 is 0 Å². The van der Waals surface area contributed by atoms with Gasteiger partial charge in [0.2, 0.25) is 5.91 Å². The quantitative estimate of drug-likeness (QED) is 0.859. The van der Waals surface area contributed by atoms with E-state index in [4.69, 9.17) is 9.26 Å². The van der Waals surface area contributed by atoms with Crippen molar-refractivity contribution < 1.29 is 14.1 Å². The molecule has 0 spiro atoms. The number of nitrogens with zero attached hydrogens (tertiary/aromatic N) is 3. The van der Waals surface area contributed by atoms with Crippen LogP contribution in [0, 0.1) is 6.92 Å². The molecule has 0 radical (unpaired) electrons. The summed E-state index contributed by atoms with van der Waals surface area (Å²) in [7, 11) is 0. The fourth-order valence-electron chi connectivity index (χ4n) is 3.75. The van der Waals surface area contributed by atoms with Crippen LogP contribution in [0.3, 0.4) is 0 Å². The normalized spacial score (nSPS) is 20.8. The van der Waals surface area contributed by atoms with Gasteiger partial charge in [-0.15, -0.1) is 0 Å². The highest BCUT2D eigenvalue weighted by Crippen LogP contribution is 2.33. The molecule has 1 aromatic heterocycles. The first-order valence-corrected chi connectivity index (χ1v) is 8.92. The molecule has 0 saturated carbocycles. The van der Waals surface area contributed by atoms with Gasteiger partial charge in [0.15, 0.2) is 0 Å². The zero-order valence-electron chi connectivity index (χ0n) is 14.5. The third kappa shape index (κ3) is 3.26. The predicted octanol–water partition coefficient (Wildman–Crippen LogP) is 2.94. The summed E-state index contributed by atoms with van der Waals surface area (Å²) in [5, 5.41) is 4.18. The van der Waals surface area contributed by atoms with Crippen LogP contribution >= 0.6 is 0 Å². The highest BCUT2D eigenvalue weighted by Gasteiger charge is 2.31. The molecule has 132 valence electrons. The van der Waals surface area contributed by atoms with Gasteiger partial charge >= 0.3 is 0 Å². The lowest BCUT2D eigenvalue weighted by Gasteiger charge is -2.36. The number of amides is 1. The molecule has 0 N–H and O–H groups in total. The molecule has 4 rings (SSSR count). The summed E-state index contributed by atoms with van der Waals surface area (Å²) in [5.41, 5.74) is 1.80. The number of fused-ring (bicyclic) bond motifs is 1. The number of aromatic nitrogens is 1. The molecule has 0 bridgehead atoms. The monoisotopic (exact) mass is 341 g/mol. The molecule has 3 heterocycles. The number of ether oxygens (including phenoxy) is 1. The number of para-hydroxylation sites is 2. The maximum absolute atomic E-state index is 13.0. The minimum Gasteiger partial charge on any atom is -0.490 e. The summed E-state index contributed by atoms with van der Waals surface area (Å²) in [6.07, 6.45) is 3.28. The molecule has 6 heteroatoms. The molecular formula is C19H23N3O3. The summed E-state index contributed by atoms with van der Waals surface area (Å²) in [6, 6.07) is 9.87. The van der Waals surface area contributed by atoms with Crippen LogP contribution in [0.1, 0.15) is 36.8 Å². The summed E-state index contributed by atoms with van der Waals surface area (Å²) in [5.74, 6) is 1.71. The van der Waals surface area contributed by atoms with Crippen molar-refractivity contribution in [2.75, 3.05) is 31.1 Å². The SMILES string of the molecule is Cc1cc([C@@H]2CCCCN2CC(=O)N2CCOc3ccccc32)no1. The second kappa shape index (κ2) is 6.88. The van der Waals surface area contributed by atoms with E-state index in [1.54, 1.807) is 0 Å². The number of rotatable bonds is 3. The number of benzene rings is 1. The first-order chi connectivity index (χ1) is 12.2. The number of likely N-dealkylation sites (tertiary alicyclic amines) is 1. The minimum absolute atomic E-state index is 0.114. The lowest BCUT2D eigenvalue weighted by Crippen LogP contribution is -2.46. The van der Waals surface area contributed by atoms with Gasteiger partial charge in [-0.2, -0.15) is 0 Å². The van der Waals surface area contributed by atoms with Crippen molar-refractivity contribution >= 4 is 11.6 Å². The van der Waals surface area contributed by atoms with Crippen molar-refractivity contribution in [3.63, 3.8) is 0 Å². The lowest BCUT2D eigenvalue weighted by molar-refractivity contribution is -0.121. The number of hydrogen-bond donors (Lipinski definition) is 0. The van der Waals surface area contributed by atoms with Crippen molar-refractivity contribution in [2.45, 2.75) is 32.2 Å². The molecule has 2 aliphatic heterocycles. The number of aryl methyl sites for hydroxylation is 1. The van der Waals surface area contributed by atoms with Crippen molar-refractivity contribution in [2.24, 2.45) is 0 Å². The Balaban J connectivity index is 1.51. The van der Waals surface area contributed by atoms with Gasteiger partial charge in [-0.3, -0.25) is 9.69 Å². The highest BCUT2D eigenvalue weighted by molar-refractivity contribution is 5.96. The summed E-state index contributed by atoms with van der Waals surface area (Å²) in [6.45, 7) is 4.34. The second-order valence-corrected chi connectivity index (χ2v) is 6.71. The summed E-state index contributed by atoms with van der Waals surface area (Å²) < 4.78 is 10.9. The fraction of sp³-hybridized carbons (Fsp3) is 0.474. The standard InChI is InChI=1S/C19H23N3O3/c1-14-12-15(20-25-14)16-6-4-5-9-21(16)13-19(23)22-10-11-24-18-8-3-2-7-17(18)22/h2-3,7-8,12,16H,4-6,9-11,13H2,1H3/t16-/m0/s1. The molecule has 1 aromatic carbocycles. The molecule has 1 amide bonds. The van der Waals surface area contributed by atoms with Crippen LogP contribution in [0.15, 0.2) is 34.9 Å². The van der Waals surface area contributed by atoms with Gasteiger partial charge in [-0.05, 0) is 38.4 Å². The Bertz CT molecular complexity index is 758. The topological polar surface area (TPSA) is 58.8 Å². The number of carbonyl (C=O) groups is 1. The van der Waals surface area contributed by atoms with Crippen LogP contribution in [0.5, 0.6) is 5.75 Å². The van der Waals surface area contributed by atoms with Crippen LogP contribution in [-0.4, -0.2) is 42.2 Å². The second-order valence-electron chi connectivity index (χ2n) is 6.71. The zero-order valence-corrected chi connectivity index (χ0v) is 14.5. The largest absolute Gasteiger partial charge is 0.490 e. The minimum atomic E-state index is 0.114. The Morgan fingerprint density at radius 3 is 3.00 bits per heavy atom. The molecule has 2 aliphatic rings. The molecule has 0 aliphatic carbocycles. The predicted molar refractivity (Wildman–Crippen MR) is 93.7 cm³/mol. The van der Waals surface area contributed by atoms with E-state index in [1.807, 2.05) is 42.2 Å². The first kappa shape index (κ1) is 16.1. The first-order valence-electron chi connectivity index (χ1n) is 8.92. The lowest BCUT2D eigenvalue weighted by atomic mass is 9.99. The Kier molecular flexibility index (Phi) is 4.44. The Hall–Kier alpha value is -2.34. The average Bonchev–Trinajstić information content (AvgIpc) is 3.08. The number of carbonyl (C=O) groups excluding carboxylic acids is 1. The van der Waals surface area contributed by atoms with Gasteiger partial charge in [0.1, 0.15) is 23.8 Å². The summed E-state index contributed by atoms with van der Waals surface area (Å²) >= 11 is 0. The molecule has 1 atom stereocenters. The van der Waals surface area contributed by atoms with Crippen LogP contribution in [0.25, 0.3) is 0 Å². The smallest absolute Gasteiger partial charge is 0.241 e. The average molecular weight is 341 g/mol. The van der Waals surface area contributed by atoms with E-state index in [0.717, 1.165) is 48.7 Å². The molecule has 0 unspecified atom stereocenters. The molecule has 25 heavy (non-hydrogen) atoms. The third-order valence-corrected chi connectivity index (χ3v) is 4.97. The Morgan fingerprint density at radius 1 is 1.28 bits per heavy atom. The molecule has 1 fully saturated rings. The van der Waals surface area contributed by atoms with Gasteiger partial charge in [-0.1, -0.05) is 23.7 Å². The fourth-order valence-corrected chi connectivity index (χ4v) is 3.75. The molecule has 6 nitrogen and oxygen atoms in total. The van der Waals surface area contributed by atoms with Crippen molar-refractivity contribution in [1.82, 2.24) is 10.1 Å². The number of hydrogen-bond acceptors (Lipinski definition) is 5. The van der Waals surface area contributed by atoms with Gasteiger partial charge in [-0.25, -0.2) is 0 Å². The number of piperidine rings is 1. The van der Waals surface area contributed by atoms with Gasteiger partial charge in [0.25, 0.3) is 0 Å². The van der Waals surface area contributed by atoms with E-state index in [-0.39, 0.29) is 11.9 Å². The highest BCUT2D eigenvalue weighted by atomic mass is 16.5. The van der Waals surface area contributed by atoms with Gasteiger partial charge in [0.05, 0.1) is 24.8 Å². The Labute approximate surface area is 147 Å². The summed E-state index contributed by atoms with van der Waals surface area (Å²) in [4.78, 5) is 17.1. The molecular weight excluding hydrogens is 318 g/mol. The van der Waals surface area contributed by atoms with Crippen LogP contribution in [0.4, 0.5) is 5.69 Å². The van der Waals surface area contributed by atoms with E-state index in [1.165, 1.54) is 0 Å². The van der Waals surface area contributed by atoms with Crippen molar-refractivity contribution in [3.8, 4) is 5.75 Å². The van der Waals surface area contributed by atoms with E-state index in [2.05, 4.69) is 10.1 Å². The van der Waals surface area contributed by atoms with E-state index in [0.29, 0.717) is 19.7 Å². The number of anilines is 1. The van der Waals surface area contributed by atoms with Crippen molar-refractivity contribution in [1.29, 1.82) is 0 Å². The van der Waals surface area contributed by atoms with Crippen LogP contribution < -0.4 is 9.64 Å².